The lowest BCUT2D eigenvalue weighted by atomic mass is 10.1. The fourth-order valence-electron chi connectivity index (χ4n) is 4.93. The molecule has 1 amide bonds. The third-order valence-corrected chi connectivity index (χ3v) is 7.06. The highest BCUT2D eigenvalue weighted by Gasteiger charge is 2.18. The summed E-state index contributed by atoms with van der Waals surface area (Å²) in [5, 5.41) is 3.14. The summed E-state index contributed by atoms with van der Waals surface area (Å²) in [4.78, 5) is 18.9. The zero-order chi connectivity index (χ0) is 25.5. The van der Waals surface area contributed by atoms with Crippen molar-refractivity contribution in [2.45, 2.75) is 19.6 Å². The molecule has 2 fully saturated rings. The Morgan fingerprint density at radius 1 is 0.892 bits per heavy atom. The second kappa shape index (κ2) is 12.1. The van der Waals surface area contributed by atoms with Crippen LogP contribution >= 0.6 is 0 Å². The predicted molar refractivity (Wildman–Crippen MR) is 147 cm³/mol. The lowest BCUT2D eigenvalue weighted by Gasteiger charge is -2.30. The van der Waals surface area contributed by atoms with Crippen LogP contribution in [0.2, 0.25) is 0 Å². The van der Waals surface area contributed by atoms with Crippen LogP contribution in [0.5, 0.6) is 5.75 Å². The van der Waals surface area contributed by atoms with Gasteiger partial charge in [0.2, 0.25) is 5.91 Å². The molecule has 7 heteroatoms. The van der Waals surface area contributed by atoms with Gasteiger partial charge in [-0.2, -0.15) is 0 Å². The Labute approximate surface area is 219 Å². The Morgan fingerprint density at radius 2 is 1.62 bits per heavy atom. The number of rotatable bonds is 9. The first-order chi connectivity index (χ1) is 18.2. The van der Waals surface area contributed by atoms with Gasteiger partial charge in [-0.25, -0.2) is 0 Å². The standard InChI is InChI=1S/C30H36N4O3/c1-36-29-4-2-3-26(19-29)23-34(22-25-5-9-27(10-6-25)32-15-17-37-18-16-32)28-11-7-24(8-12-28)21-33-14-13-31-20-30(33)35/h2-12,19,31H,13-18,20-23H2,1H3. The van der Waals surface area contributed by atoms with Crippen LogP contribution in [0.15, 0.2) is 72.8 Å². The zero-order valence-electron chi connectivity index (χ0n) is 21.6. The number of amides is 1. The largest absolute Gasteiger partial charge is 0.497 e. The van der Waals surface area contributed by atoms with E-state index in [1.165, 1.54) is 16.8 Å². The van der Waals surface area contributed by atoms with Crippen molar-refractivity contribution >= 4 is 17.3 Å². The van der Waals surface area contributed by atoms with Crippen molar-refractivity contribution in [2.24, 2.45) is 0 Å². The Hall–Kier alpha value is -3.55. The topological polar surface area (TPSA) is 57.3 Å². The minimum absolute atomic E-state index is 0.163. The van der Waals surface area contributed by atoms with Crippen molar-refractivity contribution in [1.29, 1.82) is 0 Å². The first-order valence-electron chi connectivity index (χ1n) is 13.0. The van der Waals surface area contributed by atoms with Crippen molar-refractivity contribution in [1.82, 2.24) is 10.2 Å². The van der Waals surface area contributed by atoms with Crippen LogP contribution in [0.3, 0.4) is 0 Å². The SMILES string of the molecule is COc1cccc(CN(Cc2ccc(N3CCOCC3)cc2)c2ccc(CN3CCNCC3=O)cc2)c1. The molecule has 2 heterocycles. The lowest BCUT2D eigenvalue weighted by molar-refractivity contribution is -0.132. The molecule has 0 unspecified atom stereocenters. The molecule has 0 bridgehead atoms. The molecule has 2 aliphatic heterocycles. The number of piperazine rings is 1. The van der Waals surface area contributed by atoms with Crippen molar-refractivity contribution in [3.63, 3.8) is 0 Å². The molecule has 0 aliphatic carbocycles. The summed E-state index contributed by atoms with van der Waals surface area (Å²) in [6.07, 6.45) is 0. The van der Waals surface area contributed by atoms with E-state index in [0.29, 0.717) is 13.1 Å². The van der Waals surface area contributed by atoms with Crippen LogP contribution in [-0.4, -0.2) is 63.9 Å². The van der Waals surface area contributed by atoms with Gasteiger partial charge in [0.1, 0.15) is 5.75 Å². The van der Waals surface area contributed by atoms with E-state index in [-0.39, 0.29) is 5.91 Å². The van der Waals surface area contributed by atoms with Gasteiger partial charge in [-0.3, -0.25) is 4.79 Å². The molecule has 0 aromatic heterocycles. The predicted octanol–water partition coefficient (Wildman–Crippen LogP) is 3.67. The summed E-state index contributed by atoms with van der Waals surface area (Å²) in [5.74, 6) is 1.03. The molecule has 0 saturated carbocycles. The van der Waals surface area contributed by atoms with Crippen molar-refractivity contribution in [2.75, 3.05) is 62.8 Å². The number of morpholine rings is 1. The highest BCUT2D eigenvalue weighted by Crippen LogP contribution is 2.25. The summed E-state index contributed by atoms with van der Waals surface area (Å²) < 4.78 is 11.0. The average Bonchev–Trinajstić information content (AvgIpc) is 2.95. The summed E-state index contributed by atoms with van der Waals surface area (Å²) in [6, 6.07) is 25.8. The fraction of sp³-hybridized carbons (Fsp3) is 0.367. The second-order valence-electron chi connectivity index (χ2n) is 9.63. The molecule has 194 valence electrons. The lowest BCUT2D eigenvalue weighted by Crippen LogP contribution is -2.47. The number of carbonyl (C=O) groups excluding carboxylic acids is 1. The van der Waals surface area contributed by atoms with Crippen molar-refractivity contribution in [3.8, 4) is 5.75 Å². The molecule has 0 atom stereocenters. The van der Waals surface area contributed by atoms with Gasteiger partial charge >= 0.3 is 0 Å². The number of methoxy groups -OCH3 is 1. The van der Waals surface area contributed by atoms with Gasteiger partial charge in [-0.05, 0) is 53.1 Å². The van der Waals surface area contributed by atoms with Crippen LogP contribution in [0.1, 0.15) is 16.7 Å². The number of benzene rings is 3. The zero-order valence-corrected chi connectivity index (χ0v) is 21.6. The van der Waals surface area contributed by atoms with E-state index in [0.717, 1.165) is 69.5 Å². The van der Waals surface area contributed by atoms with E-state index in [1.54, 1.807) is 7.11 Å². The van der Waals surface area contributed by atoms with Crippen LogP contribution in [-0.2, 0) is 29.2 Å². The maximum absolute atomic E-state index is 12.2. The van der Waals surface area contributed by atoms with E-state index in [2.05, 4.69) is 75.8 Å². The fourth-order valence-corrected chi connectivity index (χ4v) is 4.93. The van der Waals surface area contributed by atoms with Gasteiger partial charge in [0.25, 0.3) is 0 Å². The Balaban J connectivity index is 1.33. The monoisotopic (exact) mass is 500 g/mol. The maximum Gasteiger partial charge on any atom is 0.236 e. The number of carbonyl (C=O) groups is 1. The Bertz CT molecular complexity index is 1160. The molecule has 2 aliphatic rings. The van der Waals surface area contributed by atoms with Gasteiger partial charge in [-0.15, -0.1) is 0 Å². The van der Waals surface area contributed by atoms with Gasteiger partial charge in [-0.1, -0.05) is 36.4 Å². The van der Waals surface area contributed by atoms with Gasteiger partial charge in [0, 0.05) is 57.2 Å². The summed E-state index contributed by atoms with van der Waals surface area (Å²) in [5.41, 5.74) is 6.00. The molecule has 7 nitrogen and oxygen atoms in total. The van der Waals surface area contributed by atoms with Gasteiger partial charge in [0.15, 0.2) is 0 Å². The second-order valence-corrected chi connectivity index (χ2v) is 9.63. The summed E-state index contributed by atoms with van der Waals surface area (Å²) in [6.45, 7) is 7.68. The molecule has 37 heavy (non-hydrogen) atoms. The number of ether oxygens (including phenoxy) is 2. The van der Waals surface area contributed by atoms with E-state index in [9.17, 15) is 4.79 Å². The molecule has 2 saturated heterocycles. The molecular weight excluding hydrogens is 464 g/mol. The minimum atomic E-state index is 0.163. The molecule has 3 aromatic carbocycles. The number of nitrogens with zero attached hydrogens (tertiary/aromatic N) is 3. The number of hydrogen-bond donors (Lipinski definition) is 1. The van der Waals surface area contributed by atoms with Crippen LogP contribution in [0, 0.1) is 0 Å². The van der Waals surface area contributed by atoms with E-state index < -0.39 is 0 Å². The number of hydrogen-bond acceptors (Lipinski definition) is 6. The summed E-state index contributed by atoms with van der Waals surface area (Å²) in [7, 11) is 1.70. The molecule has 3 aromatic rings. The maximum atomic E-state index is 12.2. The third kappa shape index (κ3) is 6.61. The molecule has 1 N–H and O–H groups in total. The first-order valence-corrected chi connectivity index (χ1v) is 13.0. The highest BCUT2D eigenvalue weighted by molar-refractivity contribution is 5.79. The van der Waals surface area contributed by atoms with Gasteiger partial charge in [0.05, 0.1) is 26.9 Å². The molecule has 0 spiro atoms. The molecular formula is C30H36N4O3. The van der Waals surface area contributed by atoms with E-state index in [1.807, 2.05) is 17.0 Å². The van der Waals surface area contributed by atoms with Crippen molar-refractivity contribution < 1.29 is 14.3 Å². The third-order valence-electron chi connectivity index (χ3n) is 7.06. The highest BCUT2D eigenvalue weighted by atomic mass is 16.5. The minimum Gasteiger partial charge on any atom is -0.497 e. The van der Waals surface area contributed by atoms with Crippen LogP contribution < -0.4 is 19.9 Å². The van der Waals surface area contributed by atoms with E-state index in [4.69, 9.17) is 9.47 Å². The van der Waals surface area contributed by atoms with Crippen LogP contribution in [0.4, 0.5) is 11.4 Å². The smallest absolute Gasteiger partial charge is 0.236 e. The molecule has 0 radical (unpaired) electrons. The van der Waals surface area contributed by atoms with Gasteiger partial charge < -0.3 is 29.5 Å². The Morgan fingerprint density at radius 3 is 2.35 bits per heavy atom. The summed E-state index contributed by atoms with van der Waals surface area (Å²) >= 11 is 0. The van der Waals surface area contributed by atoms with Crippen LogP contribution in [0.25, 0.3) is 0 Å². The van der Waals surface area contributed by atoms with E-state index >= 15 is 0 Å². The first kappa shape index (κ1) is 25.1. The average molecular weight is 501 g/mol. The normalized spacial score (nSPS) is 16.1. The van der Waals surface area contributed by atoms with Crippen molar-refractivity contribution in [3.05, 3.63) is 89.5 Å². The Kier molecular flexibility index (Phi) is 8.23. The quantitative estimate of drug-likeness (QED) is 0.484. The number of nitrogens with one attached hydrogen (secondary N) is 1. The number of anilines is 2. The molecule has 5 rings (SSSR count).